The molecule has 0 aromatic heterocycles. The Morgan fingerprint density at radius 2 is 1.38 bits per heavy atom. The Bertz CT molecular complexity index is 1180. The highest BCUT2D eigenvalue weighted by molar-refractivity contribution is 6.32. The smallest absolute Gasteiger partial charge is 0.259 e. The molecule has 2 N–H and O–H groups in total. The van der Waals surface area contributed by atoms with Crippen molar-refractivity contribution >= 4 is 44.3 Å². The van der Waals surface area contributed by atoms with Crippen molar-refractivity contribution in [2.45, 2.75) is 63.5 Å². The molecule has 1 saturated carbocycles. The van der Waals surface area contributed by atoms with E-state index in [-0.39, 0.29) is 19.0 Å². The molecule has 3 amide bonds. The van der Waals surface area contributed by atoms with Crippen LogP contribution in [-0.4, -0.2) is 64.0 Å². The molecule has 208 valence electrons. The molecule has 6 nitrogen and oxygen atoms in total. The zero-order valence-electron chi connectivity index (χ0n) is 22.5. The minimum atomic E-state index is -1.06. The average molecular weight is 545 g/mol. The lowest BCUT2D eigenvalue weighted by molar-refractivity contribution is -0.124. The highest BCUT2D eigenvalue weighted by atomic mass is 19.1. The monoisotopic (exact) mass is 545 g/mol. The molecule has 2 aromatic carbocycles. The summed E-state index contributed by atoms with van der Waals surface area (Å²) in [4.78, 5) is 39.6. The van der Waals surface area contributed by atoms with Gasteiger partial charge in [0.15, 0.2) is 0 Å². The van der Waals surface area contributed by atoms with Gasteiger partial charge < -0.3 is 15.5 Å². The second-order valence-electron chi connectivity index (χ2n) is 10.3. The average Bonchev–Trinajstić information content (AvgIpc) is 2.84. The van der Waals surface area contributed by atoms with Crippen molar-refractivity contribution in [3.63, 3.8) is 0 Å². The molecular formula is C27H33B2F4N3O3. The predicted molar refractivity (Wildman–Crippen MR) is 146 cm³/mol. The van der Waals surface area contributed by atoms with Crippen LogP contribution in [0.15, 0.2) is 24.3 Å². The number of hydrogen-bond donors (Lipinski definition) is 2. The molecule has 3 rings (SSSR count). The van der Waals surface area contributed by atoms with E-state index in [9.17, 15) is 31.9 Å². The molecule has 0 spiro atoms. The largest absolute Gasteiger partial charge is 0.352 e. The van der Waals surface area contributed by atoms with E-state index in [1.165, 1.54) is 27.6 Å². The van der Waals surface area contributed by atoms with Crippen LogP contribution in [0.4, 0.5) is 17.6 Å². The number of amides is 3. The number of rotatable bonds is 10. The van der Waals surface area contributed by atoms with Gasteiger partial charge in [0.2, 0.25) is 5.91 Å². The molecule has 0 bridgehead atoms. The van der Waals surface area contributed by atoms with Crippen LogP contribution in [0.3, 0.4) is 0 Å². The van der Waals surface area contributed by atoms with Crippen molar-refractivity contribution < 1.29 is 31.9 Å². The predicted octanol–water partition coefficient (Wildman–Crippen LogP) is 1.25. The Balaban J connectivity index is 1.64. The summed E-state index contributed by atoms with van der Waals surface area (Å²) in [6.07, 6.45) is 5.50. The maximum Gasteiger partial charge on any atom is 0.259 e. The van der Waals surface area contributed by atoms with Crippen molar-refractivity contribution in [2.75, 3.05) is 13.6 Å². The Hall–Kier alpha value is -3.30. The maximum atomic E-state index is 14.4. The van der Waals surface area contributed by atoms with Gasteiger partial charge in [-0.1, -0.05) is 30.2 Å². The molecule has 1 fully saturated rings. The van der Waals surface area contributed by atoms with Gasteiger partial charge in [-0.05, 0) is 56.4 Å². The Kier molecular flexibility index (Phi) is 10.6. The molecule has 2 aromatic rings. The van der Waals surface area contributed by atoms with Gasteiger partial charge in [0.1, 0.15) is 56.1 Å². The molecule has 1 aliphatic carbocycles. The Labute approximate surface area is 227 Å². The van der Waals surface area contributed by atoms with Crippen molar-refractivity contribution in [2.24, 2.45) is 0 Å². The number of carbonyl (C=O) groups is 3. The highest BCUT2D eigenvalue weighted by Crippen LogP contribution is 2.19. The van der Waals surface area contributed by atoms with Gasteiger partial charge in [0, 0.05) is 19.6 Å². The third-order valence-electron chi connectivity index (χ3n) is 6.97. The van der Waals surface area contributed by atoms with Crippen LogP contribution in [0.25, 0.3) is 0 Å². The fourth-order valence-electron chi connectivity index (χ4n) is 4.86. The fraction of sp³-hybridized carbons (Fsp3) is 0.444. The molecule has 12 heteroatoms. The van der Waals surface area contributed by atoms with Crippen LogP contribution >= 0.6 is 0 Å². The highest BCUT2D eigenvalue weighted by Gasteiger charge is 2.27. The molecule has 0 radical (unpaired) electrons. The van der Waals surface area contributed by atoms with Crippen molar-refractivity contribution in [1.82, 2.24) is 15.5 Å². The van der Waals surface area contributed by atoms with Crippen LogP contribution in [0, 0.1) is 23.3 Å². The molecule has 0 aliphatic heterocycles. The van der Waals surface area contributed by atoms with Crippen LogP contribution in [0.2, 0.25) is 0 Å². The summed E-state index contributed by atoms with van der Waals surface area (Å²) in [5.41, 5.74) is -0.725. The summed E-state index contributed by atoms with van der Waals surface area (Å²) in [6, 6.07) is 3.15. The first-order valence-corrected chi connectivity index (χ1v) is 13.3. The van der Waals surface area contributed by atoms with E-state index in [2.05, 4.69) is 10.6 Å². The third kappa shape index (κ3) is 8.10. The van der Waals surface area contributed by atoms with Crippen molar-refractivity contribution in [3.8, 4) is 0 Å². The first kappa shape index (κ1) is 30.2. The number of benzene rings is 2. The van der Waals surface area contributed by atoms with E-state index in [0.717, 1.165) is 56.4 Å². The molecular weight excluding hydrogens is 512 g/mol. The number of carbonyl (C=O) groups excluding carboxylic acids is 3. The second kappa shape index (κ2) is 13.7. The number of nitrogens with zero attached hydrogens (tertiary/aromatic N) is 1. The summed E-state index contributed by atoms with van der Waals surface area (Å²) in [5, 5.41) is 5.40. The first-order valence-electron chi connectivity index (χ1n) is 13.3. The molecule has 0 heterocycles. The van der Waals surface area contributed by atoms with Gasteiger partial charge in [0.05, 0.1) is 0 Å². The fourth-order valence-corrected chi connectivity index (χ4v) is 4.86. The quantitative estimate of drug-likeness (QED) is 0.268. The van der Waals surface area contributed by atoms with E-state index < -0.39 is 58.2 Å². The maximum absolute atomic E-state index is 14.4. The molecule has 1 aliphatic rings. The molecule has 1 atom stereocenters. The number of hydrogen-bond acceptors (Lipinski definition) is 3. The van der Waals surface area contributed by atoms with Gasteiger partial charge in [-0.3, -0.25) is 14.4 Å². The molecule has 39 heavy (non-hydrogen) atoms. The van der Waals surface area contributed by atoms with Gasteiger partial charge in [-0.15, -0.1) is 0 Å². The second-order valence-corrected chi connectivity index (χ2v) is 10.3. The normalized spacial score (nSPS) is 14.5. The zero-order chi connectivity index (χ0) is 28.7. The lowest BCUT2D eigenvalue weighted by Crippen LogP contribution is -2.50. The van der Waals surface area contributed by atoms with Gasteiger partial charge >= 0.3 is 0 Å². The van der Waals surface area contributed by atoms with Crippen molar-refractivity contribution in [1.29, 1.82) is 0 Å². The Morgan fingerprint density at radius 1 is 0.872 bits per heavy atom. The summed E-state index contributed by atoms with van der Waals surface area (Å²) in [5.74, 6) is -6.22. The zero-order valence-corrected chi connectivity index (χ0v) is 22.5. The van der Waals surface area contributed by atoms with E-state index in [1.807, 2.05) is 0 Å². The summed E-state index contributed by atoms with van der Waals surface area (Å²) in [6.45, 7) is 0.137. The van der Waals surface area contributed by atoms with E-state index >= 15 is 0 Å². The number of unbranched alkanes of at least 4 members (excludes halogenated alkanes) is 1. The Morgan fingerprint density at radius 3 is 1.92 bits per heavy atom. The molecule has 0 saturated heterocycles. The van der Waals surface area contributed by atoms with Gasteiger partial charge in [-0.25, -0.2) is 17.6 Å². The van der Waals surface area contributed by atoms with Crippen LogP contribution in [0.1, 0.15) is 72.1 Å². The summed E-state index contributed by atoms with van der Waals surface area (Å²) in [7, 11) is 4.43. The van der Waals surface area contributed by atoms with Crippen molar-refractivity contribution in [3.05, 3.63) is 58.7 Å². The SMILES string of the molecule is Bc1cc(F)c(C(=O)N[C@@H](CCCCN(C)C(=O)c2c(F)cc(B)cc2F)C(=O)NC2CCCCC2)c(F)c1. The van der Waals surface area contributed by atoms with Crippen LogP contribution in [-0.2, 0) is 4.79 Å². The first-order chi connectivity index (χ1) is 18.5. The lowest BCUT2D eigenvalue weighted by Gasteiger charge is -2.26. The molecule has 0 unspecified atom stereocenters. The van der Waals surface area contributed by atoms with E-state index in [1.54, 1.807) is 0 Å². The minimum absolute atomic E-state index is 0.0402. The number of nitrogens with one attached hydrogen (secondary N) is 2. The third-order valence-corrected chi connectivity index (χ3v) is 6.97. The van der Waals surface area contributed by atoms with E-state index in [0.29, 0.717) is 23.8 Å². The van der Waals surface area contributed by atoms with Gasteiger partial charge in [-0.2, -0.15) is 0 Å². The summed E-state index contributed by atoms with van der Waals surface area (Å²) >= 11 is 0. The van der Waals surface area contributed by atoms with Crippen LogP contribution < -0.4 is 21.6 Å². The standard InChI is InChI=1S/C27H33B2F4N3O3/c1-36(27(39)24-20(32)13-16(29)14-21(24)33)10-6-5-9-22(25(37)34-17-7-3-2-4-8-17)35-26(38)23-18(30)11-15(28)12-19(23)31/h11-14,17,22H,2-10,28-29H2,1H3,(H,34,37)(H,35,38)/t22-/m0/s1. The summed E-state index contributed by atoms with van der Waals surface area (Å²) < 4.78 is 57.2. The minimum Gasteiger partial charge on any atom is -0.352 e. The number of halogens is 4. The van der Waals surface area contributed by atoms with Gasteiger partial charge in [0.25, 0.3) is 11.8 Å². The van der Waals surface area contributed by atoms with E-state index in [4.69, 9.17) is 0 Å². The van der Waals surface area contributed by atoms with Crippen LogP contribution in [0.5, 0.6) is 0 Å². The topological polar surface area (TPSA) is 78.5 Å². The lowest BCUT2D eigenvalue weighted by atomic mass is 9.94.